The number of fused-ring (bicyclic) bond motifs is 6. The van der Waals surface area contributed by atoms with E-state index in [0.717, 1.165) is 16.6 Å². The maximum atomic E-state index is 13.6. The monoisotopic (exact) mass is 514 g/mol. The molecule has 1 amide bonds. The van der Waals surface area contributed by atoms with Crippen LogP contribution in [0.3, 0.4) is 0 Å². The first kappa shape index (κ1) is 24.4. The second-order valence-electron chi connectivity index (χ2n) is 10.0. The molecule has 2 saturated heterocycles. The molecule has 1 aromatic carbocycles. The van der Waals surface area contributed by atoms with Crippen LogP contribution in [0.5, 0.6) is 0 Å². The van der Waals surface area contributed by atoms with Crippen molar-refractivity contribution >= 4 is 16.8 Å². The summed E-state index contributed by atoms with van der Waals surface area (Å²) < 4.78 is 16.9. The highest BCUT2D eigenvalue weighted by Gasteiger charge is 2.53. The summed E-state index contributed by atoms with van der Waals surface area (Å²) >= 11 is 0. The molecule has 2 fully saturated rings. The fourth-order valence-electron chi connectivity index (χ4n) is 6.23. The van der Waals surface area contributed by atoms with Crippen LogP contribution in [0.4, 0.5) is 0 Å². The van der Waals surface area contributed by atoms with Crippen LogP contribution >= 0.6 is 0 Å². The second kappa shape index (κ2) is 9.12. The zero-order valence-electron chi connectivity index (χ0n) is 19.9. The molecule has 5 heterocycles. The molecule has 9 atom stereocenters. The number of piperidine rings is 1. The van der Waals surface area contributed by atoms with Crippen LogP contribution in [-0.2, 0) is 25.4 Å². The van der Waals surface area contributed by atoms with Crippen molar-refractivity contribution in [2.24, 2.45) is 11.8 Å². The van der Waals surface area contributed by atoms with Crippen LogP contribution in [0.15, 0.2) is 48.4 Å². The molecule has 11 nitrogen and oxygen atoms in total. The molecule has 2 aromatic rings. The number of hydrogen-bond donors (Lipinski definition) is 6. The smallest absolute Gasteiger partial charge is 0.288 e. The van der Waals surface area contributed by atoms with Gasteiger partial charge in [-0.3, -0.25) is 4.79 Å². The first-order chi connectivity index (χ1) is 17.8. The number of ether oxygens (including phenoxy) is 3. The quantitative estimate of drug-likeness (QED) is 0.316. The van der Waals surface area contributed by atoms with Gasteiger partial charge in [0.15, 0.2) is 6.29 Å². The number of carbonyl (C=O) groups excluding carboxylic acids is 1. The third kappa shape index (κ3) is 3.69. The van der Waals surface area contributed by atoms with E-state index < -0.39 is 61.4 Å². The normalized spacial score (nSPS) is 37.6. The van der Waals surface area contributed by atoms with Crippen molar-refractivity contribution in [3.63, 3.8) is 0 Å². The lowest BCUT2D eigenvalue weighted by Gasteiger charge is -2.48. The van der Waals surface area contributed by atoms with Gasteiger partial charge in [0, 0.05) is 35.0 Å². The number of hydrogen-bond acceptors (Lipinski definition) is 9. The third-order valence-corrected chi connectivity index (χ3v) is 8.12. The molecule has 0 aliphatic carbocycles. The number of para-hydroxylation sites is 1. The number of nitrogens with zero attached hydrogens (tertiary/aromatic N) is 1. The Kier molecular flexibility index (Phi) is 6.02. The van der Waals surface area contributed by atoms with Gasteiger partial charge < -0.3 is 49.6 Å². The Morgan fingerprint density at radius 2 is 1.95 bits per heavy atom. The molecule has 37 heavy (non-hydrogen) atoms. The number of H-pyrrole nitrogens is 1. The summed E-state index contributed by atoms with van der Waals surface area (Å²) in [6.45, 7) is 3.79. The summed E-state index contributed by atoms with van der Waals surface area (Å²) in [4.78, 5) is 18.8. The topological polar surface area (TPSA) is 165 Å². The Morgan fingerprint density at radius 3 is 2.70 bits per heavy atom. The van der Waals surface area contributed by atoms with E-state index in [0.29, 0.717) is 19.4 Å². The zero-order chi connectivity index (χ0) is 26.0. The van der Waals surface area contributed by atoms with Crippen molar-refractivity contribution in [2.75, 3.05) is 13.2 Å². The fourth-order valence-corrected chi connectivity index (χ4v) is 6.23. The van der Waals surface area contributed by atoms with Crippen LogP contribution in [0.2, 0.25) is 0 Å². The van der Waals surface area contributed by atoms with Crippen molar-refractivity contribution in [3.8, 4) is 0 Å². The minimum absolute atomic E-state index is 0.148. The Hall–Kier alpha value is -2.93. The number of nitrogens with one attached hydrogen (secondary N) is 1. The molecule has 198 valence electrons. The predicted molar refractivity (Wildman–Crippen MR) is 128 cm³/mol. The molecule has 11 heteroatoms. The van der Waals surface area contributed by atoms with E-state index in [-0.39, 0.29) is 17.5 Å². The maximum Gasteiger partial charge on any atom is 0.288 e. The number of carbonyl (C=O) groups is 1. The van der Waals surface area contributed by atoms with E-state index in [9.17, 15) is 30.3 Å². The summed E-state index contributed by atoms with van der Waals surface area (Å²) in [7, 11) is 0. The number of aliphatic hydroxyl groups excluding tert-OH is 5. The lowest BCUT2D eigenvalue weighted by molar-refractivity contribution is -0.345. The van der Waals surface area contributed by atoms with Gasteiger partial charge in [0.05, 0.1) is 12.6 Å². The van der Waals surface area contributed by atoms with Gasteiger partial charge in [-0.1, -0.05) is 24.3 Å². The Labute approximate surface area is 212 Å². The SMILES string of the molecule is C=CC1C(OC2OC(CO)C(O)C(O)C2O)OC(O)=C2C(=O)N3CCc4c([nH]c5ccccc45)C3CC21. The lowest BCUT2D eigenvalue weighted by atomic mass is 9.74. The third-order valence-electron chi connectivity index (χ3n) is 8.12. The summed E-state index contributed by atoms with van der Waals surface area (Å²) in [6.07, 6.45) is -5.93. The van der Waals surface area contributed by atoms with Gasteiger partial charge in [0.2, 0.25) is 6.29 Å². The molecular weight excluding hydrogens is 484 g/mol. The number of aromatic amines is 1. The first-order valence-electron chi connectivity index (χ1n) is 12.4. The molecular formula is C26H30N2O9. The van der Waals surface area contributed by atoms with E-state index >= 15 is 0 Å². The highest BCUT2D eigenvalue weighted by molar-refractivity contribution is 5.96. The van der Waals surface area contributed by atoms with Crippen molar-refractivity contribution in [2.45, 2.75) is 55.9 Å². The second-order valence-corrected chi connectivity index (χ2v) is 10.0. The van der Waals surface area contributed by atoms with E-state index in [1.807, 2.05) is 18.2 Å². The van der Waals surface area contributed by atoms with E-state index in [1.165, 1.54) is 5.56 Å². The molecule has 6 rings (SSSR count). The highest BCUT2D eigenvalue weighted by atomic mass is 16.8. The van der Waals surface area contributed by atoms with Gasteiger partial charge in [-0.2, -0.15) is 0 Å². The van der Waals surface area contributed by atoms with Gasteiger partial charge >= 0.3 is 0 Å². The molecule has 4 aliphatic heterocycles. The van der Waals surface area contributed by atoms with Gasteiger partial charge in [-0.05, 0) is 24.5 Å². The van der Waals surface area contributed by atoms with Gasteiger partial charge in [0.25, 0.3) is 11.9 Å². The molecule has 9 unspecified atom stereocenters. The number of amides is 1. The lowest BCUT2D eigenvalue weighted by Crippen LogP contribution is -2.60. The van der Waals surface area contributed by atoms with Crippen LogP contribution < -0.4 is 0 Å². The van der Waals surface area contributed by atoms with Crippen molar-refractivity contribution in [3.05, 3.63) is 59.7 Å². The molecule has 0 radical (unpaired) electrons. The molecule has 0 saturated carbocycles. The number of aromatic nitrogens is 1. The predicted octanol–water partition coefficient (Wildman–Crippen LogP) is 0.358. The number of aliphatic hydroxyl groups is 5. The number of benzene rings is 1. The summed E-state index contributed by atoms with van der Waals surface area (Å²) in [6, 6.07) is 7.76. The van der Waals surface area contributed by atoms with Gasteiger partial charge in [0.1, 0.15) is 30.0 Å². The summed E-state index contributed by atoms with van der Waals surface area (Å²) in [5, 5.41) is 52.0. The van der Waals surface area contributed by atoms with Crippen LogP contribution in [0.25, 0.3) is 10.9 Å². The molecule has 0 bridgehead atoms. The Balaban J connectivity index is 1.32. The first-order valence-corrected chi connectivity index (χ1v) is 12.4. The van der Waals surface area contributed by atoms with E-state index in [2.05, 4.69) is 17.6 Å². The Morgan fingerprint density at radius 1 is 1.16 bits per heavy atom. The van der Waals surface area contributed by atoms with E-state index in [4.69, 9.17) is 14.2 Å². The average molecular weight is 515 g/mol. The summed E-state index contributed by atoms with van der Waals surface area (Å²) in [5.41, 5.74) is 3.30. The molecule has 4 aliphatic rings. The number of rotatable bonds is 4. The minimum Gasteiger partial charge on any atom is -0.481 e. The fraction of sp³-hybridized carbons (Fsp3) is 0.500. The standard InChI is InChI=1S/C26H30N2O9/c1-2-11-14-9-16-19-13(12-5-3-4-6-15(12)27-19)7-8-28(16)23(33)18(14)24(34)36-25(11)37-26-22(32)21(31)20(30)17(10-29)35-26/h2-6,11,14,16-17,20-22,25-27,29-32,34H,1,7-10H2. The zero-order valence-corrected chi connectivity index (χ0v) is 19.9. The molecule has 6 N–H and O–H groups in total. The van der Waals surface area contributed by atoms with E-state index in [1.54, 1.807) is 11.0 Å². The van der Waals surface area contributed by atoms with Crippen molar-refractivity contribution < 1.29 is 44.5 Å². The average Bonchev–Trinajstić information content (AvgIpc) is 3.28. The van der Waals surface area contributed by atoms with Gasteiger partial charge in [-0.15, -0.1) is 6.58 Å². The highest BCUT2D eigenvalue weighted by Crippen LogP contribution is 2.49. The minimum atomic E-state index is -1.64. The van der Waals surface area contributed by atoms with Crippen molar-refractivity contribution in [1.82, 2.24) is 9.88 Å². The van der Waals surface area contributed by atoms with Crippen molar-refractivity contribution in [1.29, 1.82) is 0 Å². The van der Waals surface area contributed by atoms with Crippen LogP contribution in [0.1, 0.15) is 23.7 Å². The Bertz CT molecular complexity index is 1260. The maximum absolute atomic E-state index is 13.6. The largest absolute Gasteiger partial charge is 0.481 e. The van der Waals surface area contributed by atoms with Crippen LogP contribution in [0, 0.1) is 11.8 Å². The van der Waals surface area contributed by atoms with Crippen LogP contribution in [-0.4, -0.2) is 91.5 Å². The molecule has 0 spiro atoms. The summed E-state index contributed by atoms with van der Waals surface area (Å²) in [5.74, 6) is -2.00. The van der Waals surface area contributed by atoms with Gasteiger partial charge in [-0.25, -0.2) is 0 Å². The molecule has 1 aromatic heterocycles.